The first-order chi connectivity index (χ1) is 12.6. The van der Waals surface area contributed by atoms with Crippen molar-refractivity contribution in [2.24, 2.45) is 0 Å². The molecule has 3 aromatic carbocycles. The Balaban J connectivity index is 1.60. The molecule has 0 radical (unpaired) electrons. The number of carbonyl (C=O) groups is 2. The summed E-state index contributed by atoms with van der Waals surface area (Å²) in [5, 5.41) is 2.80. The summed E-state index contributed by atoms with van der Waals surface area (Å²) in [6.07, 6.45) is 0. The molecule has 130 valence electrons. The van der Waals surface area contributed by atoms with Gasteiger partial charge < -0.3 is 10.1 Å². The number of benzene rings is 3. The van der Waals surface area contributed by atoms with Crippen LogP contribution >= 0.6 is 15.9 Å². The highest BCUT2D eigenvalue weighted by molar-refractivity contribution is 9.10. The second-order valence-corrected chi connectivity index (χ2v) is 6.43. The molecule has 0 spiro atoms. The van der Waals surface area contributed by atoms with Crippen LogP contribution in [0.5, 0.6) is 0 Å². The van der Waals surface area contributed by atoms with Crippen LogP contribution < -0.4 is 5.32 Å². The van der Waals surface area contributed by atoms with Crippen LogP contribution in [0, 0.1) is 0 Å². The summed E-state index contributed by atoms with van der Waals surface area (Å²) in [6, 6.07) is 23.3. The van der Waals surface area contributed by atoms with Gasteiger partial charge in [0.25, 0.3) is 5.91 Å². The molecule has 3 aromatic rings. The van der Waals surface area contributed by atoms with Crippen molar-refractivity contribution in [2.45, 2.75) is 6.61 Å². The standard InChI is InChI=1S/C21H16BrNO3/c22-19-9-5-4-8-18(19)20(24)23-17-12-10-16(11-13-17)21(25)26-14-15-6-2-1-3-7-15/h1-13H,14H2,(H,23,24). The molecule has 0 atom stereocenters. The summed E-state index contributed by atoms with van der Waals surface area (Å²) in [6.45, 7) is 0.222. The number of nitrogens with one attached hydrogen (secondary N) is 1. The number of hydrogen-bond donors (Lipinski definition) is 1. The van der Waals surface area contributed by atoms with Crippen LogP contribution in [-0.4, -0.2) is 11.9 Å². The number of ether oxygens (including phenoxy) is 1. The highest BCUT2D eigenvalue weighted by Crippen LogP contribution is 2.18. The predicted molar refractivity (Wildman–Crippen MR) is 104 cm³/mol. The molecule has 5 heteroatoms. The van der Waals surface area contributed by atoms with E-state index >= 15 is 0 Å². The summed E-state index contributed by atoms with van der Waals surface area (Å²) < 4.78 is 6.01. The van der Waals surface area contributed by atoms with Crippen molar-refractivity contribution in [2.75, 3.05) is 5.32 Å². The fourth-order valence-corrected chi connectivity index (χ4v) is 2.80. The molecule has 1 amide bonds. The Labute approximate surface area is 159 Å². The lowest BCUT2D eigenvalue weighted by Gasteiger charge is -2.08. The van der Waals surface area contributed by atoms with Crippen molar-refractivity contribution >= 4 is 33.5 Å². The first-order valence-electron chi connectivity index (χ1n) is 8.00. The first-order valence-corrected chi connectivity index (χ1v) is 8.80. The van der Waals surface area contributed by atoms with Gasteiger partial charge in [0, 0.05) is 10.2 Å². The zero-order valence-corrected chi connectivity index (χ0v) is 15.4. The van der Waals surface area contributed by atoms with Crippen LogP contribution in [0.15, 0.2) is 83.3 Å². The van der Waals surface area contributed by atoms with E-state index in [1.807, 2.05) is 36.4 Å². The van der Waals surface area contributed by atoms with E-state index < -0.39 is 5.97 Å². The first kappa shape index (κ1) is 17.9. The Morgan fingerprint density at radius 1 is 0.846 bits per heavy atom. The van der Waals surface area contributed by atoms with Crippen molar-refractivity contribution in [1.82, 2.24) is 0 Å². The monoisotopic (exact) mass is 409 g/mol. The lowest BCUT2D eigenvalue weighted by atomic mass is 10.2. The smallest absolute Gasteiger partial charge is 0.338 e. The van der Waals surface area contributed by atoms with Gasteiger partial charge in [0.1, 0.15) is 6.61 Å². The molecular formula is C21H16BrNO3. The van der Waals surface area contributed by atoms with E-state index in [1.54, 1.807) is 42.5 Å². The maximum atomic E-state index is 12.3. The SMILES string of the molecule is O=C(OCc1ccccc1)c1ccc(NC(=O)c2ccccc2Br)cc1. The number of rotatable bonds is 5. The lowest BCUT2D eigenvalue weighted by Crippen LogP contribution is -2.12. The van der Waals surface area contributed by atoms with Gasteiger partial charge in [0.05, 0.1) is 11.1 Å². The molecule has 0 aliphatic heterocycles. The Morgan fingerprint density at radius 2 is 1.50 bits per heavy atom. The van der Waals surface area contributed by atoms with Gasteiger partial charge in [-0.15, -0.1) is 0 Å². The second kappa shape index (κ2) is 8.45. The molecule has 0 unspecified atom stereocenters. The average molecular weight is 410 g/mol. The zero-order chi connectivity index (χ0) is 18.4. The fraction of sp³-hybridized carbons (Fsp3) is 0.0476. The number of amides is 1. The van der Waals surface area contributed by atoms with E-state index in [1.165, 1.54) is 0 Å². The molecule has 0 bridgehead atoms. The van der Waals surface area contributed by atoms with Crippen LogP contribution in [0.4, 0.5) is 5.69 Å². The number of hydrogen-bond acceptors (Lipinski definition) is 3. The fourth-order valence-electron chi connectivity index (χ4n) is 2.34. The van der Waals surface area contributed by atoms with E-state index in [9.17, 15) is 9.59 Å². The molecule has 1 N–H and O–H groups in total. The third-order valence-electron chi connectivity index (χ3n) is 3.71. The molecule has 4 nitrogen and oxygen atoms in total. The van der Waals surface area contributed by atoms with Gasteiger partial charge in [-0.2, -0.15) is 0 Å². The normalized spacial score (nSPS) is 10.2. The van der Waals surface area contributed by atoms with Crippen LogP contribution in [0.2, 0.25) is 0 Å². The third-order valence-corrected chi connectivity index (χ3v) is 4.40. The van der Waals surface area contributed by atoms with Gasteiger partial charge in [-0.05, 0) is 57.9 Å². The van der Waals surface area contributed by atoms with Crippen molar-refractivity contribution in [1.29, 1.82) is 0 Å². The van der Waals surface area contributed by atoms with Crippen LogP contribution in [0.25, 0.3) is 0 Å². The van der Waals surface area contributed by atoms with Crippen molar-refractivity contribution in [3.63, 3.8) is 0 Å². The second-order valence-electron chi connectivity index (χ2n) is 5.57. The number of carbonyl (C=O) groups excluding carboxylic acids is 2. The summed E-state index contributed by atoms with van der Waals surface area (Å²) in [5.41, 5.74) is 2.50. The Bertz CT molecular complexity index is 908. The van der Waals surface area contributed by atoms with E-state index in [4.69, 9.17) is 4.74 Å². The highest BCUT2D eigenvalue weighted by Gasteiger charge is 2.11. The van der Waals surface area contributed by atoms with E-state index in [0.29, 0.717) is 16.8 Å². The van der Waals surface area contributed by atoms with Gasteiger partial charge in [-0.25, -0.2) is 4.79 Å². The van der Waals surface area contributed by atoms with Gasteiger partial charge in [0.15, 0.2) is 0 Å². The summed E-state index contributed by atoms with van der Waals surface area (Å²) in [4.78, 5) is 24.4. The summed E-state index contributed by atoms with van der Waals surface area (Å²) >= 11 is 3.36. The Hall–Kier alpha value is -2.92. The van der Waals surface area contributed by atoms with E-state index in [-0.39, 0.29) is 12.5 Å². The molecular weight excluding hydrogens is 394 g/mol. The molecule has 0 fully saturated rings. The molecule has 0 saturated heterocycles. The van der Waals surface area contributed by atoms with Crippen molar-refractivity contribution < 1.29 is 14.3 Å². The van der Waals surface area contributed by atoms with Crippen molar-refractivity contribution in [3.8, 4) is 0 Å². The molecule has 0 aromatic heterocycles. The van der Waals surface area contributed by atoms with Gasteiger partial charge in [0.2, 0.25) is 0 Å². The number of halogens is 1. The van der Waals surface area contributed by atoms with Gasteiger partial charge in [-0.1, -0.05) is 42.5 Å². The maximum Gasteiger partial charge on any atom is 0.338 e. The minimum absolute atomic E-state index is 0.222. The summed E-state index contributed by atoms with van der Waals surface area (Å²) in [7, 11) is 0. The maximum absolute atomic E-state index is 12.3. The molecule has 0 aliphatic carbocycles. The minimum Gasteiger partial charge on any atom is -0.457 e. The Kier molecular flexibility index (Phi) is 5.81. The molecule has 0 aliphatic rings. The van der Waals surface area contributed by atoms with Gasteiger partial charge >= 0.3 is 5.97 Å². The lowest BCUT2D eigenvalue weighted by molar-refractivity contribution is 0.0472. The molecule has 0 heterocycles. The van der Waals surface area contributed by atoms with E-state index in [2.05, 4.69) is 21.2 Å². The minimum atomic E-state index is -0.405. The zero-order valence-electron chi connectivity index (χ0n) is 13.8. The number of esters is 1. The third kappa shape index (κ3) is 4.58. The molecule has 0 saturated carbocycles. The van der Waals surface area contributed by atoms with Crippen LogP contribution in [0.1, 0.15) is 26.3 Å². The largest absolute Gasteiger partial charge is 0.457 e. The summed E-state index contributed by atoms with van der Waals surface area (Å²) in [5.74, 6) is -0.630. The van der Waals surface area contributed by atoms with Crippen LogP contribution in [0.3, 0.4) is 0 Å². The average Bonchev–Trinajstić information content (AvgIpc) is 2.68. The van der Waals surface area contributed by atoms with Crippen molar-refractivity contribution in [3.05, 3.63) is 100 Å². The molecule has 3 rings (SSSR count). The van der Waals surface area contributed by atoms with Crippen LogP contribution in [-0.2, 0) is 11.3 Å². The Morgan fingerprint density at radius 3 is 2.19 bits per heavy atom. The van der Waals surface area contributed by atoms with Gasteiger partial charge in [-0.3, -0.25) is 4.79 Å². The molecule has 26 heavy (non-hydrogen) atoms. The quantitative estimate of drug-likeness (QED) is 0.599. The number of anilines is 1. The topological polar surface area (TPSA) is 55.4 Å². The van der Waals surface area contributed by atoms with E-state index in [0.717, 1.165) is 10.0 Å². The highest BCUT2D eigenvalue weighted by atomic mass is 79.9. The predicted octanol–water partition coefficient (Wildman–Crippen LogP) is 5.06.